The van der Waals surface area contributed by atoms with Crippen molar-refractivity contribution in [2.75, 3.05) is 10.5 Å². The van der Waals surface area contributed by atoms with Crippen LogP contribution in [0.1, 0.15) is 51.5 Å². The van der Waals surface area contributed by atoms with Crippen molar-refractivity contribution in [2.45, 2.75) is 46.0 Å². The molecule has 2 N–H and O–H groups in total. The van der Waals surface area contributed by atoms with Crippen molar-refractivity contribution in [2.24, 2.45) is 4.99 Å². The highest BCUT2D eigenvalue weighted by Crippen LogP contribution is 2.18. The number of nitrogens with zero attached hydrogens (tertiary/aromatic N) is 1. The van der Waals surface area contributed by atoms with E-state index in [0.717, 1.165) is 35.5 Å². The lowest BCUT2D eigenvalue weighted by atomic mass is 10.1. The molecule has 0 fully saturated rings. The second-order valence-corrected chi connectivity index (χ2v) is 6.67. The second kappa shape index (κ2) is 13.4. The Morgan fingerprint density at radius 3 is 2.56 bits per heavy atom. The van der Waals surface area contributed by atoms with Gasteiger partial charge in [0, 0.05) is 17.1 Å². The van der Waals surface area contributed by atoms with Crippen LogP contribution >= 0.6 is 11.9 Å². The van der Waals surface area contributed by atoms with Gasteiger partial charge in [-0.05, 0) is 49.8 Å². The highest BCUT2D eigenvalue weighted by Gasteiger charge is 2.01. The van der Waals surface area contributed by atoms with Gasteiger partial charge in [-0.3, -0.25) is 0 Å². The molecule has 4 heteroatoms. The maximum absolute atomic E-state index is 4.10. The molecular weight excluding hydrogens is 326 g/mol. The fourth-order valence-corrected chi connectivity index (χ4v) is 2.71. The zero-order valence-corrected chi connectivity index (χ0v) is 16.4. The summed E-state index contributed by atoms with van der Waals surface area (Å²) < 4.78 is 3.33. The number of anilines is 1. The van der Waals surface area contributed by atoms with Crippen molar-refractivity contribution in [3.05, 3.63) is 60.5 Å². The number of aliphatic imine (C=N–C) groups is 1. The summed E-state index contributed by atoms with van der Waals surface area (Å²) in [5, 5.41) is 3.22. The maximum Gasteiger partial charge on any atom is 0.129 e. The summed E-state index contributed by atoms with van der Waals surface area (Å²) in [7, 11) is 0. The van der Waals surface area contributed by atoms with Gasteiger partial charge in [-0.2, -0.15) is 0 Å². The highest BCUT2D eigenvalue weighted by molar-refractivity contribution is 8.00. The summed E-state index contributed by atoms with van der Waals surface area (Å²) in [6.45, 7) is 12.1. The predicted molar refractivity (Wildman–Crippen MR) is 116 cm³/mol. The number of unbranched alkanes of at least 4 members (excludes halogenated alkanes) is 3. The lowest BCUT2D eigenvalue weighted by molar-refractivity contribution is 0.729. The first-order valence-corrected chi connectivity index (χ1v) is 9.97. The Labute approximate surface area is 157 Å². The number of allylic oxidation sites excluding steroid dienone is 3. The average molecular weight is 358 g/mol. The van der Waals surface area contributed by atoms with Crippen LogP contribution in [0.25, 0.3) is 5.70 Å². The van der Waals surface area contributed by atoms with E-state index in [1.54, 1.807) is 11.9 Å². The molecule has 0 saturated heterocycles. The maximum atomic E-state index is 4.10. The topological polar surface area (TPSA) is 36.4 Å². The molecule has 0 heterocycles. The quantitative estimate of drug-likeness (QED) is 0.186. The Balaban J connectivity index is 2.53. The van der Waals surface area contributed by atoms with Crippen molar-refractivity contribution in [3.8, 4) is 0 Å². The van der Waals surface area contributed by atoms with Crippen LogP contribution in [-0.4, -0.2) is 12.5 Å². The van der Waals surface area contributed by atoms with E-state index in [1.807, 2.05) is 24.3 Å². The summed E-state index contributed by atoms with van der Waals surface area (Å²) in [4.78, 5) is 4.03. The molecule has 1 aromatic rings. The molecule has 3 nitrogen and oxygen atoms in total. The number of hydrogen-bond acceptors (Lipinski definition) is 4. The van der Waals surface area contributed by atoms with Gasteiger partial charge < -0.3 is 10.0 Å². The number of nitrogens with one attached hydrogen (secondary N) is 2. The second-order valence-electron chi connectivity index (χ2n) is 5.77. The van der Waals surface area contributed by atoms with E-state index in [4.69, 9.17) is 0 Å². The van der Waals surface area contributed by atoms with Gasteiger partial charge in [0.2, 0.25) is 0 Å². The molecule has 0 atom stereocenters. The number of hydrogen-bond donors (Lipinski definition) is 2. The first-order chi connectivity index (χ1) is 12.2. The van der Waals surface area contributed by atoms with Crippen LogP contribution in [0.15, 0.2) is 59.9 Å². The van der Waals surface area contributed by atoms with E-state index >= 15 is 0 Å². The molecule has 136 valence electrons. The summed E-state index contributed by atoms with van der Waals surface area (Å²) in [6, 6.07) is 8.21. The Morgan fingerprint density at radius 1 is 1.16 bits per heavy atom. The molecule has 1 aromatic carbocycles. The van der Waals surface area contributed by atoms with E-state index in [1.165, 1.54) is 19.3 Å². The van der Waals surface area contributed by atoms with Crippen LogP contribution in [0.4, 0.5) is 5.69 Å². The van der Waals surface area contributed by atoms with Crippen LogP contribution in [0.5, 0.6) is 0 Å². The molecular formula is C21H31N3S. The number of benzene rings is 1. The summed E-state index contributed by atoms with van der Waals surface area (Å²) in [6.07, 6.45) is 12.1. The zero-order chi connectivity index (χ0) is 18.3. The SMILES string of the molecule is C=N/C(=C\C=C/CCCCC)NC(=C)c1ccc(NSCCC)cc1. The smallest absolute Gasteiger partial charge is 0.129 e. The van der Waals surface area contributed by atoms with E-state index < -0.39 is 0 Å². The van der Waals surface area contributed by atoms with E-state index in [9.17, 15) is 0 Å². The molecule has 0 aromatic heterocycles. The Hall–Kier alpha value is -1.94. The van der Waals surface area contributed by atoms with Gasteiger partial charge in [0.15, 0.2) is 0 Å². The van der Waals surface area contributed by atoms with Gasteiger partial charge in [0.25, 0.3) is 0 Å². The third-order valence-electron chi connectivity index (χ3n) is 3.54. The standard InChI is InChI=1S/C21H31N3S/c1-5-7-8-9-10-11-12-21(22-4)23-18(3)19-13-15-20(16-14-19)24-25-17-6-2/h10-16,23-24H,3-9,17H2,1-2H3/b11-10-,21-12+. The fourth-order valence-electron chi connectivity index (χ4n) is 2.10. The molecule has 0 radical (unpaired) electrons. The highest BCUT2D eigenvalue weighted by atomic mass is 32.2. The van der Waals surface area contributed by atoms with Crippen molar-refractivity contribution in [1.82, 2.24) is 5.32 Å². The minimum absolute atomic E-state index is 0.706. The van der Waals surface area contributed by atoms with Crippen molar-refractivity contribution >= 4 is 30.0 Å². The lowest BCUT2D eigenvalue weighted by Crippen LogP contribution is -2.09. The minimum Gasteiger partial charge on any atom is -0.340 e. The van der Waals surface area contributed by atoms with Gasteiger partial charge in [-0.1, -0.05) is 69.5 Å². The fraction of sp³-hybridized carbons (Fsp3) is 0.381. The summed E-state index contributed by atoms with van der Waals surface area (Å²) in [5.41, 5.74) is 2.95. The lowest BCUT2D eigenvalue weighted by Gasteiger charge is -2.11. The third kappa shape index (κ3) is 9.20. The molecule has 0 saturated carbocycles. The molecule has 1 rings (SSSR count). The average Bonchev–Trinajstić information content (AvgIpc) is 2.64. The van der Waals surface area contributed by atoms with Crippen molar-refractivity contribution < 1.29 is 0 Å². The molecule has 25 heavy (non-hydrogen) atoms. The molecule has 0 aliphatic carbocycles. The van der Waals surface area contributed by atoms with Gasteiger partial charge in [-0.25, -0.2) is 4.99 Å². The summed E-state index contributed by atoms with van der Waals surface area (Å²) in [5.74, 6) is 1.80. The Kier molecular flexibility index (Phi) is 11.3. The third-order valence-corrected chi connectivity index (χ3v) is 4.54. The van der Waals surface area contributed by atoms with Crippen molar-refractivity contribution in [1.29, 1.82) is 0 Å². The van der Waals surface area contributed by atoms with Gasteiger partial charge in [0.05, 0.1) is 0 Å². The first kappa shape index (κ1) is 21.1. The normalized spacial score (nSPS) is 11.5. The molecule has 0 amide bonds. The molecule has 0 spiro atoms. The molecule has 0 aliphatic rings. The largest absolute Gasteiger partial charge is 0.340 e. The van der Waals surface area contributed by atoms with Gasteiger partial charge >= 0.3 is 0 Å². The first-order valence-electron chi connectivity index (χ1n) is 8.99. The molecule has 0 unspecified atom stereocenters. The van der Waals surface area contributed by atoms with Crippen LogP contribution in [0.3, 0.4) is 0 Å². The molecule has 0 bridgehead atoms. The van der Waals surface area contributed by atoms with Crippen molar-refractivity contribution in [3.63, 3.8) is 0 Å². The van der Waals surface area contributed by atoms with E-state index in [-0.39, 0.29) is 0 Å². The van der Waals surface area contributed by atoms with E-state index in [2.05, 4.69) is 60.4 Å². The molecule has 0 aliphatic heterocycles. The zero-order valence-electron chi connectivity index (χ0n) is 15.6. The Morgan fingerprint density at radius 2 is 1.92 bits per heavy atom. The summed E-state index contributed by atoms with van der Waals surface area (Å²) >= 11 is 1.72. The monoisotopic (exact) mass is 357 g/mol. The minimum atomic E-state index is 0.706. The Bertz CT molecular complexity index is 573. The van der Waals surface area contributed by atoms with Gasteiger partial charge in [0.1, 0.15) is 5.82 Å². The van der Waals surface area contributed by atoms with Crippen LogP contribution in [-0.2, 0) is 0 Å². The number of rotatable bonds is 13. The van der Waals surface area contributed by atoms with E-state index in [0.29, 0.717) is 5.82 Å². The van der Waals surface area contributed by atoms with Crippen LogP contribution in [0.2, 0.25) is 0 Å². The van der Waals surface area contributed by atoms with Crippen LogP contribution < -0.4 is 10.0 Å². The van der Waals surface area contributed by atoms with Gasteiger partial charge in [-0.15, -0.1) is 0 Å². The van der Waals surface area contributed by atoms with Crippen LogP contribution in [0, 0.1) is 0 Å². The predicted octanol–water partition coefficient (Wildman–Crippen LogP) is 6.40.